The van der Waals surface area contributed by atoms with Crippen LogP contribution in [-0.2, 0) is 28.9 Å². The van der Waals surface area contributed by atoms with Gasteiger partial charge in [-0.2, -0.15) is 5.10 Å². The topological polar surface area (TPSA) is 64.4 Å². The molecule has 3 aromatic rings. The van der Waals surface area contributed by atoms with E-state index in [0.717, 1.165) is 41.8 Å². The van der Waals surface area contributed by atoms with Gasteiger partial charge >= 0.3 is 5.97 Å². The van der Waals surface area contributed by atoms with Crippen molar-refractivity contribution >= 4 is 11.9 Å². The molecule has 154 valence electrons. The lowest BCUT2D eigenvalue weighted by atomic mass is 10.2. The number of para-hydroxylation sites is 1. The number of carbonyl (C=O) groups is 2. The summed E-state index contributed by atoms with van der Waals surface area (Å²) in [6.45, 7) is 2.67. The lowest BCUT2D eigenvalue weighted by Crippen LogP contribution is -2.34. The van der Waals surface area contributed by atoms with Gasteiger partial charge in [-0.05, 0) is 43.9 Å². The molecule has 1 amide bonds. The summed E-state index contributed by atoms with van der Waals surface area (Å²) in [7, 11) is 0. The number of rotatable bonds is 7. The van der Waals surface area contributed by atoms with Crippen molar-refractivity contribution in [2.24, 2.45) is 0 Å². The fourth-order valence-electron chi connectivity index (χ4n) is 3.85. The van der Waals surface area contributed by atoms with Gasteiger partial charge in [-0.3, -0.25) is 4.79 Å². The summed E-state index contributed by atoms with van der Waals surface area (Å²) in [4.78, 5) is 27.0. The van der Waals surface area contributed by atoms with Crippen LogP contribution in [0, 0.1) is 0 Å². The normalized spacial score (nSPS) is 12.4. The molecular weight excluding hydrogens is 378 g/mol. The van der Waals surface area contributed by atoms with Gasteiger partial charge < -0.3 is 9.64 Å². The minimum atomic E-state index is -0.535. The standard InChI is InChI=1S/C24H25N3O3/c1-2-26(16-18-10-5-3-6-11-18)22(28)17-30-24(29)23-20-14-9-15-21(20)27(25-23)19-12-7-4-8-13-19/h3-8,10-13H,2,9,14-17H2,1H3. The molecule has 1 aromatic heterocycles. The zero-order valence-corrected chi connectivity index (χ0v) is 17.1. The monoisotopic (exact) mass is 403 g/mol. The number of carbonyl (C=O) groups excluding carboxylic acids is 2. The molecular formula is C24H25N3O3. The number of aromatic nitrogens is 2. The highest BCUT2D eigenvalue weighted by Crippen LogP contribution is 2.28. The van der Waals surface area contributed by atoms with Gasteiger partial charge in [-0.15, -0.1) is 0 Å². The maximum absolute atomic E-state index is 12.8. The van der Waals surface area contributed by atoms with Crippen molar-refractivity contribution in [3.63, 3.8) is 0 Å². The van der Waals surface area contributed by atoms with E-state index in [2.05, 4.69) is 5.10 Å². The first-order valence-electron chi connectivity index (χ1n) is 10.3. The lowest BCUT2D eigenvalue weighted by molar-refractivity contribution is -0.135. The van der Waals surface area contributed by atoms with E-state index >= 15 is 0 Å². The molecule has 0 saturated carbocycles. The number of nitrogens with zero attached hydrogens (tertiary/aromatic N) is 3. The van der Waals surface area contributed by atoms with Gasteiger partial charge in [-0.1, -0.05) is 48.5 Å². The van der Waals surface area contributed by atoms with Crippen LogP contribution in [0.4, 0.5) is 0 Å². The average molecular weight is 403 g/mol. The second-order valence-electron chi connectivity index (χ2n) is 7.34. The Labute approximate surface area is 176 Å². The summed E-state index contributed by atoms with van der Waals surface area (Å²) >= 11 is 0. The number of hydrogen-bond acceptors (Lipinski definition) is 4. The molecule has 0 spiro atoms. The predicted molar refractivity (Wildman–Crippen MR) is 113 cm³/mol. The van der Waals surface area contributed by atoms with Crippen LogP contribution >= 0.6 is 0 Å². The number of esters is 1. The number of hydrogen-bond donors (Lipinski definition) is 0. The number of likely N-dealkylation sites (N-methyl/N-ethyl adjacent to an activating group) is 1. The first-order valence-corrected chi connectivity index (χ1v) is 10.3. The summed E-state index contributed by atoms with van der Waals surface area (Å²) in [6, 6.07) is 19.5. The molecule has 0 fully saturated rings. The first-order chi connectivity index (χ1) is 14.7. The first kappa shape index (κ1) is 19.9. The summed E-state index contributed by atoms with van der Waals surface area (Å²) in [5, 5.41) is 4.53. The largest absolute Gasteiger partial charge is 0.451 e. The van der Waals surface area contributed by atoms with Crippen LogP contribution in [0.2, 0.25) is 0 Å². The van der Waals surface area contributed by atoms with Crippen molar-refractivity contribution < 1.29 is 14.3 Å². The van der Waals surface area contributed by atoms with Crippen molar-refractivity contribution in [3.8, 4) is 5.69 Å². The molecule has 0 N–H and O–H groups in total. The van der Waals surface area contributed by atoms with E-state index in [1.807, 2.05) is 72.3 Å². The quantitative estimate of drug-likeness (QED) is 0.566. The van der Waals surface area contributed by atoms with Gasteiger partial charge in [0.1, 0.15) is 0 Å². The predicted octanol–water partition coefficient (Wildman–Crippen LogP) is 3.57. The minimum Gasteiger partial charge on any atom is -0.451 e. The second kappa shape index (κ2) is 8.95. The van der Waals surface area contributed by atoms with Gasteiger partial charge in [0.15, 0.2) is 12.3 Å². The molecule has 30 heavy (non-hydrogen) atoms. The Hall–Kier alpha value is -3.41. The second-order valence-corrected chi connectivity index (χ2v) is 7.34. The maximum Gasteiger partial charge on any atom is 0.359 e. The number of fused-ring (bicyclic) bond motifs is 1. The molecule has 1 heterocycles. The third kappa shape index (κ3) is 4.13. The van der Waals surface area contributed by atoms with E-state index in [9.17, 15) is 9.59 Å². The Morgan fingerprint density at radius 1 is 1.03 bits per heavy atom. The summed E-state index contributed by atoms with van der Waals surface area (Å²) in [5.41, 5.74) is 4.28. The van der Waals surface area contributed by atoms with E-state index in [1.165, 1.54) is 0 Å². The molecule has 6 heteroatoms. The van der Waals surface area contributed by atoms with Crippen molar-refractivity contribution in [2.45, 2.75) is 32.7 Å². The van der Waals surface area contributed by atoms with E-state index in [0.29, 0.717) is 18.8 Å². The zero-order chi connectivity index (χ0) is 20.9. The summed E-state index contributed by atoms with van der Waals surface area (Å²) < 4.78 is 7.21. The summed E-state index contributed by atoms with van der Waals surface area (Å²) in [6.07, 6.45) is 2.67. The van der Waals surface area contributed by atoms with Crippen molar-refractivity contribution in [1.82, 2.24) is 14.7 Å². The molecule has 0 atom stereocenters. The highest BCUT2D eigenvalue weighted by molar-refractivity contribution is 5.91. The molecule has 0 unspecified atom stereocenters. The molecule has 4 rings (SSSR count). The van der Waals surface area contributed by atoms with Gasteiger partial charge in [0.2, 0.25) is 0 Å². The van der Waals surface area contributed by atoms with Crippen LogP contribution in [-0.4, -0.2) is 39.7 Å². The highest BCUT2D eigenvalue weighted by atomic mass is 16.5. The Balaban J connectivity index is 1.45. The molecule has 6 nitrogen and oxygen atoms in total. The fraction of sp³-hybridized carbons (Fsp3) is 0.292. The van der Waals surface area contributed by atoms with Crippen LogP contribution in [0.3, 0.4) is 0 Å². The molecule has 0 radical (unpaired) electrons. The third-order valence-electron chi connectivity index (χ3n) is 5.40. The van der Waals surface area contributed by atoms with E-state index in [-0.39, 0.29) is 12.5 Å². The van der Waals surface area contributed by atoms with Crippen LogP contribution in [0.15, 0.2) is 60.7 Å². The molecule has 0 saturated heterocycles. The van der Waals surface area contributed by atoms with E-state index in [4.69, 9.17) is 4.74 Å². The SMILES string of the molecule is CCN(Cc1ccccc1)C(=O)COC(=O)c1nn(-c2ccccc2)c2c1CCC2. The third-order valence-corrected chi connectivity index (χ3v) is 5.40. The average Bonchev–Trinajstić information content (AvgIpc) is 3.40. The molecule has 0 bridgehead atoms. The smallest absolute Gasteiger partial charge is 0.359 e. The number of ether oxygens (including phenoxy) is 1. The summed E-state index contributed by atoms with van der Waals surface area (Å²) in [5.74, 6) is -0.749. The Morgan fingerprint density at radius 2 is 1.73 bits per heavy atom. The van der Waals surface area contributed by atoms with Crippen molar-refractivity contribution in [1.29, 1.82) is 0 Å². The van der Waals surface area contributed by atoms with Gasteiger partial charge in [0, 0.05) is 24.3 Å². The van der Waals surface area contributed by atoms with Gasteiger partial charge in [0.25, 0.3) is 5.91 Å². The van der Waals surface area contributed by atoms with Crippen LogP contribution in [0.25, 0.3) is 5.69 Å². The zero-order valence-electron chi connectivity index (χ0n) is 17.1. The van der Waals surface area contributed by atoms with Gasteiger partial charge in [0.05, 0.1) is 5.69 Å². The van der Waals surface area contributed by atoms with E-state index < -0.39 is 5.97 Å². The van der Waals surface area contributed by atoms with Crippen LogP contribution in [0.1, 0.15) is 40.7 Å². The molecule has 1 aliphatic rings. The molecule has 2 aromatic carbocycles. The minimum absolute atomic E-state index is 0.214. The Kier molecular flexibility index (Phi) is 5.93. The van der Waals surface area contributed by atoms with Crippen molar-refractivity contribution in [2.75, 3.05) is 13.2 Å². The van der Waals surface area contributed by atoms with Gasteiger partial charge in [-0.25, -0.2) is 9.48 Å². The molecule has 1 aliphatic carbocycles. The van der Waals surface area contributed by atoms with Crippen LogP contribution < -0.4 is 0 Å². The number of amides is 1. The Morgan fingerprint density at radius 3 is 2.43 bits per heavy atom. The van der Waals surface area contributed by atoms with Crippen molar-refractivity contribution in [3.05, 3.63) is 83.2 Å². The maximum atomic E-state index is 12.8. The number of benzene rings is 2. The fourth-order valence-corrected chi connectivity index (χ4v) is 3.85. The Bertz CT molecular complexity index is 1030. The lowest BCUT2D eigenvalue weighted by Gasteiger charge is -2.20. The van der Waals surface area contributed by atoms with Crippen LogP contribution in [0.5, 0.6) is 0 Å². The molecule has 0 aliphatic heterocycles. The highest BCUT2D eigenvalue weighted by Gasteiger charge is 2.28. The van der Waals surface area contributed by atoms with E-state index in [1.54, 1.807) is 4.90 Å².